The zero-order valence-electron chi connectivity index (χ0n) is 6.84. The van der Waals surface area contributed by atoms with Gasteiger partial charge in [0, 0.05) is 6.07 Å². The first-order valence-electron chi connectivity index (χ1n) is 3.58. The van der Waals surface area contributed by atoms with Crippen LogP contribution in [0.4, 0.5) is 10.1 Å². The van der Waals surface area contributed by atoms with Gasteiger partial charge in [-0.1, -0.05) is 12.2 Å². The largest absolute Gasteiger partial charge is 0.215 e. The van der Waals surface area contributed by atoms with Crippen LogP contribution in [0.2, 0.25) is 0 Å². The Balaban J connectivity index is 3.10. The Labute approximate surface area is 70.3 Å². The van der Waals surface area contributed by atoms with Crippen LogP contribution >= 0.6 is 0 Å². The third-order valence-electron chi connectivity index (χ3n) is 1.63. The molecule has 0 aromatic heterocycles. The number of hydrogen-bond donors (Lipinski definition) is 2. The molecule has 0 aliphatic carbocycles. The van der Waals surface area contributed by atoms with Crippen LogP contribution in [0.15, 0.2) is 24.8 Å². The molecule has 0 heterocycles. The number of hydrogen-bond acceptors (Lipinski definition) is 1. The molecule has 3 heteroatoms. The van der Waals surface area contributed by atoms with Crippen molar-refractivity contribution in [1.29, 1.82) is 0 Å². The van der Waals surface area contributed by atoms with Crippen molar-refractivity contribution in [3.05, 3.63) is 36.2 Å². The zero-order valence-corrected chi connectivity index (χ0v) is 6.84. The first-order chi connectivity index (χ1) is 5.65. The van der Waals surface area contributed by atoms with Crippen LogP contribution in [-0.4, -0.2) is 5.21 Å². The maximum Gasteiger partial charge on any atom is 0.197 e. The minimum Gasteiger partial charge on any atom is -0.215 e. The van der Waals surface area contributed by atoms with Gasteiger partial charge in [0.1, 0.15) is 0 Å². The Morgan fingerprint density at radius 3 is 2.67 bits per heavy atom. The van der Waals surface area contributed by atoms with E-state index in [1.54, 1.807) is 13.0 Å². The maximum atomic E-state index is 13.0. The van der Waals surface area contributed by atoms with E-state index in [0.717, 1.165) is 16.6 Å². The molecule has 0 saturated heterocycles. The highest BCUT2D eigenvalue weighted by Crippen LogP contribution is 2.16. The van der Waals surface area contributed by atoms with Gasteiger partial charge in [-0.25, -0.2) is 9.60 Å². The number of nitrogens with two attached hydrogens (primary N) is 1. The molecule has 1 aromatic carbocycles. The monoisotopic (exact) mass is 168 g/mol. The van der Waals surface area contributed by atoms with Crippen LogP contribution in [0.1, 0.15) is 12.5 Å². The molecule has 0 radical (unpaired) electrons. The average molecular weight is 168 g/mol. The first-order valence-corrected chi connectivity index (χ1v) is 3.58. The molecule has 0 saturated carbocycles. The van der Waals surface area contributed by atoms with E-state index >= 15 is 0 Å². The molecule has 0 amide bonds. The van der Waals surface area contributed by atoms with Crippen LogP contribution in [-0.2, 0) is 0 Å². The summed E-state index contributed by atoms with van der Waals surface area (Å²) in [4.78, 5) is 0. The van der Waals surface area contributed by atoms with Gasteiger partial charge in [-0.2, -0.15) is 5.48 Å². The van der Waals surface area contributed by atoms with Crippen molar-refractivity contribution < 1.29 is 15.1 Å². The van der Waals surface area contributed by atoms with Gasteiger partial charge in [-0.05, 0) is 24.6 Å². The minimum atomic E-state index is -0.432. The second kappa shape index (κ2) is 3.47. The lowest BCUT2D eigenvalue weighted by atomic mass is 10.1. The third-order valence-corrected chi connectivity index (χ3v) is 1.63. The van der Waals surface area contributed by atoms with Gasteiger partial charge < -0.3 is 0 Å². The van der Waals surface area contributed by atoms with E-state index in [1.807, 2.05) is 0 Å². The maximum absolute atomic E-state index is 13.0. The Morgan fingerprint density at radius 2 is 2.25 bits per heavy atom. The van der Waals surface area contributed by atoms with Crippen LogP contribution in [0.3, 0.4) is 0 Å². The van der Waals surface area contributed by atoms with Gasteiger partial charge >= 0.3 is 0 Å². The van der Waals surface area contributed by atoms with Crippen molar-refractivity contribution >= 4 is 11.3 Å². The van der Waals surface area contributed by atoms with E-state index in [2.05, 4.69) is 6.58 Å². The van der Waals surface area contributed by atoms with Crippen molar-refractivity contribution in [2.45, 2.75) is 6.92 Å². The number of rotatable bonds is 2. The van der Waals surface area contributed by atoms with Gasteiger partial charge in [-0.15, -0.1) is 0 Å². The number of quaternary nitrogens is 1. The minimum absolute atomic E-state index is 0.194. The van der Waals surface area contributed by atoms with Gasteiger partial charge in [0.15, 0.2) is 11.5 Å². The van der Waals surface area contributed by atoms with Gasteiger partial charge in [-0.3, -0.25) is 0 Å². The molecule has 1 aromatic rings. The Bertz CT molecular complexity index is 309. The summed E-state index contributed by atoms with van der Waals surface area (Å²) in [6.45, 7) is 5.49. The molecular weight excluding hydrogens is 157 g/mol. The van der Waals surface area contributed by atoms with E-state index in [1.165, 1.54) is 12.1 Å². The number of allylic oxidation sites excluding steroid dienone is 1. The van der Waals surface area contributed by atoms with Gasteiger partial charge in [0.25, 0.3) is 0 Å². The van der Waals surface area contributed by atoms with Crippen LogP contribution in [0, 0.1) is 5.82 Å². The fourth-order valence-corrected chi connectivity index (χ4v) is 0.897. The fraction of sp³-hybridized carbons (Fsp3) is 0.111. The highest BCUT2D eigenvalue weighted by atomic mass is 19.1. The fourth-order valence-electron chi connectivity index (χ4n) is 0.897. The van der Waals surface area contributed by atoms with E-state index in [-0.39, 0.29) is 5.69 Å². The molecule has 0 aliphatic heterocycles. The highest BCUT2D eigenvalue weighted by molar-refractivity contribution is 5.62. The second-order valence-corrected chi connectivity index (χ2v) is 2.65. The summed E-state index contributed by atoms with van der Waals surface area (Å²) in [5.41, 5.74) is 2.49. The highest BCUT2D eigenvalue weighted by Gasteiger charge is 2.05. The van der Waals surface area contributed by atoms with Crippen LogP contribution < -0.4 is 5.48 Å². The quantitative estimate of drug-likeness (QED) is 0.509. The summed E-state index contributed by atoms with van der Waals surface area (Å²) < 4.78 is 13.0. The predicted octanol–water partition coefficient (Wildman–Crippen LogP) is 1.44. The molecule has 0 unspecified atom stereocenters. The molecule has 0 atom stereocenters. The Hall–Kier alpha value is -1.19. The van der Waals surface area contributed by atoms with Crippen LogP contribution in [0.5, 0.6) is 0 Å². The normalized spacial score (nSPS) is 9.92. The standard InChI is InChI=1S/C9H10FNO/c1-6(2)7-3-4-9(11-12)8(10)5-7/h3-5,11-12H,1H2,2H3/p+1. The Morgan fingerprint density at radius 1 is 1.58 bits per heavy atom. The van der Waals surface area contributed by atoms with Crippen molar-refractivity contribution in [1.82, 2.24) is 0 Å². The molecule has 0 bridgehead atoms. The summed E-state index contributed by atoms with van der Waals surface area (Å²) in [7, 11) is 0. The molecule has 0 spiro atoms. The van der Waals surface area contributed by atoms with Crippen molar-refractivity contribution in [3.63, 3.8) is 0 Å². The average Bonchev–Trinajstić information content (AvgIpc) is 2.04. The Kier molecular flexibility index (Phi) is 2.58. The summed E-state index contributed by atoms with van der Waals surface area (Å²) in [5.74, 6) is -0.432. The summed E-state index contributed by atoms with van der Waals surface area (Å²) in [6, 6.07) is 4.58. The molecule has 1 rings (SSSR count). The van der Waals surface area contributed by atoms with Crippen molar-refractivity contribution in [2.75, 3.05) is 0 Å². The smallest absolute Gasteiger partial charge is 0.197 e. The summed E-state index contributed by atoms with van der Waals surface area (Å²) >= 11 is 0. The zero-order chi connectivity index (χ0) is 9.14. The van der Waals surface area contributed by atoms with E-state index in [9.17, 15) is 4.39 Å². The summed E-state index contributed by atoms with van der Waals surface area (Å²) in [6.07, 6.45) is 0. The predicted molar refractivity (Wildman–Crippen MR) is 44.5 cm³/mol. The van der Waals surface area contributed by atoms with E-state index in [0.29, 0.717) is 0 Å². The molecule has 0 fully saturated rings. The lowest BCUT2D eigenvalue weighted by Gasteiger charge is -2.00. The van der Waals surface area contributed by atoms with Crippen molar-refractivity contribution in [2.24, 2.45) is 0 Å². The lowest BCUT2D eigenvalue weighted by molar-refractivity contribution is -0.826. The molecular formula is C9H11FNO+. The van der Waals surface area contributed by atoms with Gasteiger partial charge in [0.2, 0.25) is 0 Å². The summed E-state index contributed by atoms with van der Waals surface area (Å²) in [5, 5.41) is 8.56. The van der Waals surface area contributed by atoms with Crippen molar-refractivity contribution in [3.8, 4) is 0 Å². The molecule has 3 N–H and O–H groups in total. The molecule has 64 valence electrons. The number of halogens is 1. The lowest BCUT2D eigenvalue weighted by Crippen LogP contribution is -2.74. The molecule has 2 nitrogen and oxygen atoms in total. The molecule has 0 aliphatic rings. The SMILES string of the molecule is C=C(C)c1ccc([NH2+]O)c(F)c1. The first kappa shape index (κ1) is 8.90. The number of benzene rings is 1. The topological polar surface area (TPSA) is 36.8 Å². The van der Waals surface area contributed by atoms with Crippen LogP contribution in [0.25, 0.3) is 5.57 Å². The molecule has 12 heavy (non-hydrogen) atoms. The second-order valence-electron chi connectivity index (χ2n) is 2.65. The van der Waals surface area contributed by atoms with Gasteiger partial charge in [0.05, 0.1) is 0 Å². The third kappa shape index (κ3) is 1.69. The van der Waals surface area contributed by atoms with E-state index < -0.39 is 5.82 Å². The van der Waals surface area contributed by atoms with E-state index in [4.69, 9.17) is 5.21 Å².